The zero-order valence-electron chi connectivity index (χ0n) is 17.4. The van der Waals surface area contributed by atoms with E-state index in [1.165, 1.54) is 36.1 Å². The van der Waals surface area contributed by atoms with E-state index in [1.54, 1.807) is 12.1 Å². The molecule has 4 rings (SSSR count). The molecule has 2 aliphatic rings. The number of piperidine rings is 1. The molecule has 1 saturated heterocycles. The lowest BCUT2D eigenvalue weighted by atomic mass is 9.95. The predicted octanol–water partition coefficient (Wildman–Crippen LogP) is 5.80. The third kappa shape index (κ3) is 7.04. The van der Waals surface area contributed by atoms with E-state index in [-0.39, 0.29) is 30.6 Å². The zero-order valence-corrected chi connectivity index (χ0v) is 19.0. The molecule has 1 fully saturated rings. The summed E-state index contributed by atoms with van der Waals surface area (Å²) in [5.74, 6) is 1.58. The predicted molar refractivity (Wildman–Crippen MR) is 127 cm³/mol. The number of aryl methyl sites for hydroxylation is 1. The number of halogens is 3. The molecule has 30 heavy (non-hydrogen) atoms. The van der Waals surface area contributed by atoms with Crippen molar-refractivity contribution in [3.63, 3.8) is 0 Å². The summed E-state index contributed by atoms with van der Waals surface area (Å²) in [4.78, 5) is 0. The first kappa shape index (κ1) is 24.8. The molecule has 0 amide bonds. The molecular weight excluding hydrogens is 422 g/mol. The minimum Gasteiger partial charge on any atom is -0.494 e. The number of hydrogen-bond acceptors (Lipinski definition) is 3. The van der Waals surface area contributed by atoms with Crippen LogP contribution in [0, 0.1) is 11.7 Å². The highest BCUT2D eigenvalue weighted by molar-refractivity contribution is 5.85. The van der Waals surface area contributed by atoms with Crippen molar-refractivity contribution in [1.82, 2.24) is 5.32 Å². The summed E-state index contributed by atoms with van der Waals surface area (Å²) in [6.45, 7) is 3.08. The monoisotopic (exact) mass is 454 g/mol. The van der Waals surface area contributed by atoms with Crippen molar-refractivity contribution in [3.8, 4) is 5.75 Å². The fourth-order valence-corrected chi connectivity index (χ4v) is 4.40. The van der Waals surface area contributed by atoms with Gasteiger partial charge in [0.15, 0.2) is 0 Å². The maximum atomic E-state index is 13.2. The number of anilines is 1. The molecule has 2 N–H and O–H groups in total. The van der Waals surface area contributed by atoms with Gasteiger partial charge < -0.3 is 15.4 Å². The lowest BCUT2D eigenvalue weighted by Gasteiger charge is -2.22. The van der Waals surface area contributed by atoms with Gasteiger partial charge in [-0.2, -0.15) is 0 Å². The number of rotatable bonds is 6. The Morgan fingerprint density at radius 2 is 1.73 bits per heavy atom. The molecule has 2 aliphatic heterocycles. The van der Waals surface area contributed by atoms with Crippen LogP contribution in [-0.2, 0) is 12.8 Å². The van der Waals surface area contributed by atoms with E-state index in [0.717, 1.165) is 57.0 Å². The first-order valence-corrected chi connectivity index (χ1v) is 10.7. The van der Waals surface area contributed by atoms with Crippen LogP contribution in [-0.4, -0.2) is 25.7 Å². The van der Waals surface area contributed by atoms with Crippen molar-refractivity contribution in [2.45, 2.75) is 51.0 Å². The van der Waals surface area contributed by atoms with Crippen LogP contribution >= 0.6 is 24.8 Å². The first-order valence-electron chi connectivity index (χ1n) is 10.7. The summed E-state index contributed by atoms with van der Waals surface area (Å²) < 4.78 is 19.2. The van der Waals surface area contributed by atoms with Crippen molar-refractivity contribution in [2.75, 3.05) is 25.0 Å². The molecule has 6 heteroatoms. The largest absolute Gasteiger partial charge is 0.494 e. The van der Waals surface area contributed by atoms with Crippen LogP contribution in [0.5, 0.6) is 5.75 Å². The smallest absolute Gasteiger partial charge is 0.123 e. The summed E-state index contributed by atoms with van der Waals surface area (Å²) in [7, 11) is 0. The molecule has 0 aromatic heterocycles. The molecule has 0 aliphatic carbocycles. The summed E-state index contributed by atoms with van der Waals surface area (Å²) in [6, 6.07) is 13.7. The van der Waals surface area contributed by atoms with Gasteiger partial charge in [-0.25, -0.2) is 4.39 Å². The van der Waals surface area contributed by atoms with Crippen LogP contribution in [0.2, 0.25) is 0 Å². The van der Waals surface area contributed by atoms with Crippen molar-refractivity contribution >= 4 is 30.5 Å². The zero-order chi connectivity index (χ0) is 19.2. The summed E-state index contributed by atoms with van der Waals surface area (Å²) >= 11 is 0. The van der Waals surface area contributed by atoms with Crippen molar-refractivity contribution in [3.05, 3.63) is 59.4 Å². The topological polar surface area (TPSA) is 33.3 Å². The quantitative estimate of drug-likeness (QED) is 0.578. The van der Waals surface area contributed by atoms with Crippen LogP contribution in [0.25, 0.3) is 0 Å². The van der Waals surface area contributed by atoms with Gasteiger partial charge >= 0.3 is 0 Å². The van der Waals surface area contributed by atoms with Crippen molar-refractivity contribution in [2.24, 2.45) is 5.92 Å². The second kappa shape index (κ2) is 12.4. The molecule has 166 valence electrons. The first-order chi connectivity index (χ1) is 13.8. The Hall–Kier alpha value is -1.49. The van der Waals surface area contributed by atoms with E-state index < -0.39 is 0 Å². The molecule has 3 nitrogen and oxygen atoms in total. The van der Waals surface area contributed by atoms with Crippen molar-refractivity contribution < 1.29 is 9.13 Å². The maximum Gasteiger partial charge on any atom is 0.123 e. The van der Waals surface area contributed by atoms with Gasteiger partial charge in [0.2, 0.25) is 0 Å². The van der Waals surface area contributed by atoms with E-state index in [9.17, 15) is 4.39 Å². The van der Waals surface area contributed by atoms with E-state index in [1.807, 2.05) is 12.1 Å². The lowest BCUT2D eigenvalue weighted by Crippen LogP contribution is -2.28. The number of fused-ring (bicyclic) bond motifs is 1. The fraction of sp³-hybridized carbons (Fsp3) is 0.500. The fourth-order valence-electron chi connectivity index (χ4n) is 4.40. The van der Waals surface area contributed by atoms with Crippen molar-refractivity contribution in [1.29, 1.82) is 0 Å². The standard InChI is InChI=1S/C24H31FN2O.2ClH/c25-21-7-4-19(5-8-21)16-22-3-1-2-20-6-9-23(17-24(20)27-22)28-15-12-18-10-13-26-14-11-18;;/h4-9,17-18,22,26-27H,1-3,10-16H2;2*1H. The van der Waals surface area contributed by atoms with Crippen LogP contribution in [0.4, 0.5) is 10.1 Å². The Morgan fingerprint density at radius 3 is 2.50 bits per heavy atom. The average Bonchev–Trinajstić information content (AvgIpc) is 2.92. The number of ether oxygens (including phenoxy) is 1. The summed E-state index contributed by atoms with van der Waals surface area (Å²) in [6.07, 6.45) is 7.97. The Kier molecular flexibility index (Phi) is 10.2. The van der Waals surface area contributed by atoms with E-state index >= 15 is 0 Å². The van der Waals surface area contributed by atoms with E-state index in [0.29, 0.717) is 6.04 Å². The van der Waals surface area contributed by atoms with Crippen LogP contribution in [0.1, 0.15) is 43.2 Å². The third-order valence-corrected chi connectivity index (χ3v) is 6.09. The Labute approximate surface area is 192 Å². The van der Waals surface area contributed by atoms with Gasteiger partial charge in [0, 0.05) is 17.8 Å². The summed E-state index contributed by atoms with van der Waals surface area (Å²) in [5, 5.41) is 7.14. The Balaban J connectivity index is 0.00000160. The molecule has 0 spiro atoms. The van der Waals surface area contributed by atoms with Crippen LogP contribution in [0.3, 0.4) is 0 Å². The maximum absolute atomic E-state index is 13.2. The second-order valence-electron chi connectivity index (χ2n) is 8.21. The lowest BCUT2D eigenvalue weighted by molar-refractivity contribution is 0.252. The van der Waals surface area contributed by atoms with E-state index in [2.05, 4.69) is 28.8 Å². The molecule has 2 aromatic carbocycles. The van der Waals surface area contributed by atoms with Gasteiger partial charge in [0.25, 0.3) is 0 Å². The molecule has 1 atom stereocenters. The highest BCUT2D eigenvalue weighted by atomic mass is 35.5. The average molecular weight is 455 g/mol. The van der Waals surface area contributed by atoms with Gasteiger partial charge in [-0.05, 0) is 93.3 Å². The summed E-state index contributed by atoms with van der Waals surface area (Å²) in [5.41, 5.74) is 3.74. The molecule has 0 radical (unpaired) electrons. The van der Waals surface area contributed by atoms with Gasteiger partial charge in [0.05, 0.1) is 6.61 Å². The highest BCUT2D eigenvalue weighted by Gasteiger charge is 2.17. The van der Waals surface area contributed by atoms with Gasteiger partial charge in [-0.15, -0.1) is 24.8 Å². The Morgan fingerprint density at radius 1 is 0.967 bits per heavy atom. The minimum atomic E-state index is -0.172. The minimum absolute atomic E-state index is 0. The highest BCUT2D eigenvalue weighted by Crippen LogP contribution is 2.29. The van der Waals surface area contributed by atoms with Gasteiger partial charge in [0.1, 0.15) is 11.6 Å². The van der Waals surface area contributed by atoms with Crippen LogP contribution in [0.15, 0.2) is 42.5 Å². The third-order valence-electron chi connectivity index (χ3n) is 6.09. The molecule has 1 unspecified atom stereocenters. The van der Waals surface area contributed by atoms with Gasteiger partial charge in [-0.3, -0.25) is 0 Å². The molecule has 0 bridgehead atoms. The molecular formula is C24H33Cl2FN2O. The van der Waals surface area contributed by atoms with Gasteiger partial charge in [-0.1, -0.05) is 18.2 Å². The Bertz CT molecular complexity index is 766. The number of hydrogen-bond donors (Lipinski definition) is 2. The SMILES string of the molecule is Cl.Cl.Fc1ccc(CC2CCCc3ccc(OCCC4CCNCC4)cc3N2)cc1. The molecule has 2 aromatic rings. The second-order valence-corrected chi connectivity index (χ2v) is 8.21. The van der Waals surface area contributed by atoms with E-state index in [4.69, 9.17) is 4.74 Å². The number of benzene rings is 2. The van der Waals surface area contributed by atoms with Crippen LogP contribution < -0.4 is 15.4 Å². The number of nitrogens with one attached hydrogen (secondary N) is 2. The molecule has 0 saturated carbocycles. The molecule has 2 heterocycles. The normalized spacial score (nSPS) is 18.8.